The smallest absolute Gasteiger partial charge is 0.124 e. The highest BCUT2D eigenvalue weighted by molar-refractivity contribution is 9.10. The van der Waals surface area contributed by atoms with Gasteiger partial charge in [0.15, 0.2) is 0 Å². The Morgan fingerprint density at radius 3 is 2.05 bits per heavy atom. The van der Waals surface area contributed by atoms with Gasteiger partial charge in [0.25, 0.3) is 0 Å². The molecular weight excluding hydrogens is 307 g/mol. The molecule has 0 unspecified atom stereocenters. The Morgan fingerprint density at radius 1 is 1.11 bits per heavy atom. The quantitative estimate of drug-likeness (QED) is 0.782. The summed E-state index contributed by atoms with van der Waals surface area (Å²) in [6.07, 6.45) is 1.97. The van der Waals surface area contributed by atoms with Crippen molar-refractivity contribution in [2.45, 2.75) is 52.6 Å². The van der Waals surface area contributed by atoms with Gasteiger partial charge in [-0.25, -0.2) is 4.39 Å². The van der Waals surface area contributed by atoms with Crippen molar-refractivity contribution < 1.29 is 9.50 Å². The summed E-state index contributed by atoms with van der Waals surface area (Å²) in [5, 5.41) is 10.8. The summed E-state index contributed by atoms with van der Waals surface area (Å²) < 4.78 is 14.1. The summed E-state index contributed by atoms with van der Waals surface area (Å²) in [7, 11) is 0. The lowest BCUT2D eigenvalue weighted by molar-refractivity contribution is 0.000696. The van der Waals surface area contributed by atoms with Crippen molar-refractivity contribution in [1.82, 2.24) is 0 Å². The molecule has 0 radical (unpaired) electrons. The third-order valence-electron chi connectivity index (χ3n) is 3.03. The first-order chi connectivity index (χ1) is 8.70. The zero-order valence-corrected chi connectivity index (χ0v) is 13.8. The van der Waals surface area contributed by atoms with Gasteiger partial charge in [-0.3, -0.25) is 0 Å². The molecule has 1 N–H and O–H groups in total. The first kappa shape index (κ1) is 16.6. The lowest BCUT2D eigenvalue weighted by atomic mass is 9.80. The van der Waals surface area contributed by atoms with E-state index in [2.05, 4.69) is 43.6 Å². The Labute approximate surface area is 124 Å². The molecule has 0 atom stereocenters. The van der Waals surface area contributed by atoms with Crippen LogP contribution in [-0.2, 0) is 6.42 Å². The molecule has 1 rings (SSSR count). The summed E-state index contributed by atoms with van der Waals surface area (Å²) in [5.74, 6) is 0.572. The van der Waals surface area contributed by atoms with E-state index in [0.717, 1.165) is 22.9 Å². The van der Waals surface area contributed by atoms with Crippen LogP contribution in [0.25, 0.3) is 0 Å². The van der Waals surface area contributed by atoms with Crippen LogP contribution in [0.1, 0.15) is 46.1 Å². The molecule has 1 aromatic rings. The van der Waals surface area contributed by atoms with Crippen LogP contribution in [0.3, 0.4) is 0 Å². The molecule has 1 nitrogen and oxygen atoms in total. The average molecular weight is 331 g/mol. The maximum Gasteiger partial charge on any atom is 0.124 e. The third-order valence-corrected chi connectivity index (χ3v) is 3.49. The van der Waals surface area contributed by atoms with E-state index in [0.29, 0.717) is 18.3 Å². The largest absolute Gasteiger partial charge is 0.390 e. The molecule has 1 aromatic carbocycles. The molecule has 108 valence electrons. The molecule has 0 amide bonds. The maximum atomic E-state index is 13.4. The molecule has 0 aliphatic rings. The van der Waals surface area contributed by atoms with Gasteiger partial charge >= 0.3 is 0 Å². The molecular formula is C16H24BrFO. The number of aliphatic hydroxyl groups is 1. The second-order valence-electron chi connectivity index (χ2n) is 6.37. The van der Waals surface area contributed by atoms with Crippen LogP contribution in [0.4, 0.5) is 4.39 Å². The predicted octanol–water partition coefficient (Wildman–Crippen LogP) is 4.95. The van der Waals surface area contributed by atoms with Gasteiger partial charge in [0.05, 0.1) is 5.60 Å². The summed E-state index contributed by atoms with van der Waals surface area (Å²) >= 11 is 3.30. The van der Waals surface area contributed by atoms with Gasteiger partial charge in [0.2, 0.25) is 0 Å². The fraction of sp³-hybridized carbons (Fsp3) is 0.625. The van der Waals surface area contributed by atoms with E-state index in [1.54, 1.807) is 0 Å². The molecule has 0 aliphatic heterocycles. The van der Waals surface area contributed by atoms with Gasteiger partial charge in [-0.15, -0.1) is 0 Å². The lowest BCUT2D eigenvalue weighted by Gasteiger charge is -2.32. The second kappa shape index (κ2) is 6.85. The van der Waals surface area contributed by atoms with Crippen LogP contribution in [0.2, 0.25) is 0 Å². The second-order valence-corrected chi connectivity index (χ2v) is 7.29. The van der Waals surface area contributed by atoms with Crippen LogP contribution < -0.4 is 0 Å². The average Bonchev–Trinajstić information content (AvgIpc) is 2.10. The zero-order chi connectivity index (χ0) is 14.6. The number of rotatable bonds is 6. The van der Waals surface area contributed by atoms with Gasteiger partial charge in [-0.05, 0) is 48.4 Å². The molecule has 3 heteroatoms. The van der Waals surface area contributed by atoms with Gasteiger partial charge in [-0.1, -0.05) is 43.6 Å². The Balaban J connectivity index is 2.92. The molecule has 0 saturated heterocycles. The van der Waals surface area contributed by atoms with Crippen molar-refractivity contribution in [2.75, 3.05) is 0 Å². The summed E-state index contributed by atoms with van der Waals surface area (Å²) in [6.45, 7) is 8.42. The molecule has 0 aliphatic carbocycles. The highest BCUT2D eigenvalue weighted by Crippen LogP contribution is 2.29. The Bertz CT molecular complexity index is 385. The van der Waals surface area contributed by atoms with E-state index in [4.69, 9.17) is 0 Å². The topological polar surface area (TPSA) is 20.2 Å². The molecule has 0 bridgehead atoms. The van der Waals surface area contributed by atoms with E-state index in [1.165, 1.54) is 12.1 Å². The first-order valence-corrected chi connectivity index (χ1v) is 7.67. The highest BCUT2D eigenvalue weighted by atomic mass is 79.9. The minimum absolute atomic E-state index is 0.263. The van der Waals surface area contributed by atoms with Gasteiger partial charge < -0.3 is 5.11 Å². The van der Waals surface area contributed by atoms with E-state index in [-0.39, 0.29) is 5.82 Å². The predicted molar refractivity (Wildman–Crippen MR) is 81.7 cm³/mol. The van der Waals surface area contributed by atoms with Gasteiger partial charge in [0, 0.05) is 10.9 Å². The standard InChI is InChI=1S/C16H24BrFO/c1-11(2)8-16(19,9-12(3)4)10-13-5-14(17)7-15(18)6-13/h5-7,11-12,19H,8-10H2,1-4H3. The molecule has 0 spiro atoms. The molecule has 0 fully saturated rings. The van der Waals surface area contributed by atoms with E-state index in [1.807, 2.05) is 6.07 Å². The third kappa shape index (κ3) is 6.05. The summed E-state index contributed by atoms with van der Waals surface area (Å²) in [6, 6.07) is 4.83. The zero-order valence-electron chi connectivity index (χ0n) is 12.2. The fourth-order valence-corrected chi connectivity index (χ4v) is 3.35. The van der Waals surface area contributed by atoms with Gasteiger partial charge in [0.1, 0.15) is 5.82 Å². The minimum Gasteiger partial charge on any atom is -0.390 e. The van der Waals surface area contributed by atoms with Crippen LogP contribution in [0, 0.1) is 17.7 Å². The number of hydrogen-bond donors (Lipinski definition) is 1. The normalized spacial score (nSPS) is 12.5. The summed E-state index contributed by atoms with van der Waals surface area (Å²) in [4.78, 5) is 0. The van der Waals surface area contributed by atoms with Crippen molar-refractivity contribution in [3.63, 3.8) is 0 Å². The number of halogens is 2. The van der Waals surface area contributed by atoms with Crippen LogP contribution in [0.5, 0.6) is 0 Å². The van der Waals surface area contributed by atoms with Crippen molar-refractivity contribution in [1.29, 1.82) is 0 Å². The van der Waals surface area contributed by atoms with Crippen molar-refractivity contribution in [2.24, 2.45) is 11.8 Å². The Kier molecular flexibility index (Phi) is 6.00. The molecule has 19 heavy (non-hydrogen) atoms. The first-order valence-electron chi connectivity index (χ1n) is 6.87. The maximum absolute atomic E-state index is 13.4. The molecule has 0 heterocycles. The van der Waals surface area contributed by atoms with E-state index in [9.17, 15) is 9.50 Å². The minimum atomic E-state index is -0.754. The van der Waals surface area contributed by atoms with Gasteiger partial charge in [-0.2, -0.15) is 0 Å². The van der Waals surface area contributed by atoms with Crippen molar-refractivity contribution in [3.8, 4) is 0 Å². The lowest BCUT2D eigenvalue weighted by Crippen LogP contribution is -2.35. The number of hydrogen-bond acceptors (Lipinski definition) is 1. The highest BCUT2D eigenvalue weighted by Gasteiger charge is 2.29. The van der Waals surface area contributed by atoms with Crippen LogP contribution in [0.15, 0.2) is 22.7 Å². The summed E-state index contributed by atoms with van der Waals surface area (Å²) in [5.41, 5.74) is 0.0888. The fourth-order valence-electron chi connectivity index (χ4n) is 2.84. The monoisotopic (exact) mass is 330 g/mol. The van der Waals surface area contributed by atoms with Crippen LogP contribution in [-0.4, -0.2) is 10.7 Å². The van der Waals surface area contributed by atoms with Crippen molar-refractivity contribution >= 4 is 15.9 Å². The Hall–Kier alpha value is -0.410. The Morgan fingerprint density at radius 2 is 1.63 bits per heavy atom. The van der Waals surface area contributed by atoms with Crippen molar-refractivity contribution in [3.05, 3.63) is 34.1 Å². The number of benzene rings is 1. The van der Waals surface area contributed by atoms with Crippen LogP contribution >= 0.6 is 15.9 Å². The SMILES string of the molecule is CC(C)CC(O)(Cc1cc(F)cc(Br)c1)CC(C)C. The molecule has 0 aromatic heterocycles. The van der Waals surface area contributed by atoms with E-state index >= 15 is 0 Å². The molecule has 0 saturated carbocycles. The van der Waals surface area contributed by atoms with E-state index < -0.39 is 5.60 Å².